The van der Waals surface area contributed by atoms with Crippen LogP contribution >= 0.6 is 0 Å². The van der Waals surface area contributed by atoms with Crippen LogP contribution in [-0.2, 0) is 16.1 Å². The van der Waals surface area contributed by atoms with Crippen LogP contribution in [-0.4, -0.2) is 36.9 Å². The molecule has 0 spiro atoms. The van der Waals surface area contributed by atoms with Crippen molar-refractivity contribution >= 4 is 23.2 Å². The van der Waals surface area contributed by atoms with E-state index in [-0.39, 0.29) is 23.8 Å². The van der Waals surface area contributed by atoms with Gasteiger partial charge in [0.05, 0.1) is 0 Å². The predicted molar refractivity (Wildman–Crippen MR) is 116 cm³/mol. The fourth-order valence-corrected chi connectivity index (χ4v) is 3.40. The third-order valence-electron chi connectivity index (χ3n) is 5.67. The molecule has 0 saturated heterocycles. The molecule has 0 aromatic heterocycles. The first-order valence-electron chi connectivity index (χ1n) is 10.5. The third kappa shape index (κ3) is 5.27. The molecule has 2 amide bonds. The maximum atomic E-state index is 13.1. The molecule has 1 aromatic rings. The van der Waals surface area contributed by atoms with E-state index in [1.165, 1.54) is 0 Å². The monoisotopic (exact) mass is 387 g/mol. The molecule has 1 aliphatic carbocycles. The maximum absolute atomic E-state index is 13.1. The lowest BCUT2D eigenvalue weighted by Gasteiger charge is -2.35. The molecular formula is C23H37N3O2. The minimum absolute atomic E-state index is 0.111. The Morgan fingerprint density at radius 2 is 1.86 bits per heavy atom. The van der Waals surface area contributed by atoms with E-state index in [9.17, 15) is 9.59 Å². The van der Waals surface area contributed by atoms with E-state index >= 15 is 0 Å². The number of carbonyl (C=O) groups is 2. The number of benzene rings is 1. The van der Waals surface area contributed by atoms with Gasteiger partial charge in [-0.1, -0.05) is 34.1 Å². The Morgan fingerprint density at radius 3 is 2.32 bits per heavy atom. The molecule has 1 atom stereocenters. The van der Waals surface area contributed by atoms with Gasteiger partial charge in [-0.2, -0.15) is 0 Å². The summed E-state index contributed by atoms with van der Waals surface area (Å²) in [4.78, 5) is 29.5. The first-order valence-corrected chi connectivity index (χ1v) is 10.5. The zero-order chi connectivity index (χ0) is 21.1. The Bertz CT molecular complexity index is 702. The number of nitrogens with one attached hydrogen (secondary N) is 1. The highest BCUT2D eigenvalue weighted by Gasteiger charge is 2.30. The minimum atomic E-state index is -0.433. The van der Waals surface area contributed by atoms with Crippen LogP contribution in [0.2, 0.25) is 0 Å². The number of hydrogen-bond donors (Lipinski definition) is 1. The maximum Gasteiger partial charge on any atom is 0.228 e. The van der Waals surface area contributed by atoms with Crippen molar-refractivity contribution in [1.82, 2.24) is 4.90 Å². The zero-order valence-corrected chi connectivity index (χ0v) is 18.6. The Labute approximate surface area is 170 Å². The number of nitrogens with zero attached hydrogens (tertiary/aromatic N) is 2. The second-order valence-electron chi connectivity index (χ2n) is 9.30. The summed E-state index contributed by atoms with van der Waals surface area (Å²) >= 11 is 0. The molecule has 28 heavy (non-hydrogen) atoms. The number of amides is 2. The fourth-order valence-electron chi connectivity index (χ4n) is 3.40. The van der Waals surface area contributed by atoms with E-state index in [1.807, 2.05) is 58.0 Å². The molecule has 1 fully saturated rings. The van der Waals surface area contributed by atoms with E-state index < -0.39 is 5.41 Å². The Balaban J connectivity index is 2.32. The molecule has 0 heterocycles. The summed E-state index contributed by atoms with van der Waals surface area (Å²) in [6.45, 7) is 10.6. The lowest BCUT2D eigenvalue weighted by molar-refractivity contribution is -0.142. The molecule has 5 heteroatoms. The summed E-state index contributed by atoms with van der Waals surface area (Å²) in [6.07, 6.45) is 4.01. The average molecular weight is 388 g/mol. The molecule has 2 rings (SSSR count). The van der Waals surface area contributed by atoms with Crippen LogP contribution in [0.5, 0.6) is 0 Å². The van der Waals surface area contributed by atoms with Gasteiger partial charge >= 0.3 is 0 Å². The molecule has 156 valence electrons. The Morgan fingerprint density at radius 1 is 1.21 bits per heavy atom. The lowest BCUT2D eigenvalue weighted by Crippen LogP contribution is -2.44. The van der Waals surface area contributed by atoms with Gasteiger partial charge in [0.1, 0.15) is 0 Å². The average Bonchev–Trinajstić information content (AvgIpc) is 2.55. The second kappa shape index (κ2) is 8.97. The molecule has 0 aliphatic heterocycles. The van der Waals surface area contributed by atoms with Crippen LogP contribution in [0, 0.1) is 11.3 Å². The van der Waals surface area contributed by atoms with Gasteiger partial charge in [-0.25, -0.2) is 0 Å². The van der Waals surface area contributed by atoms with E-state index in [0.717, 1.165) is 42.6 Å². The lowest BCUT2D eigenvalue weighted by atomic mass is 9.85. The molecule has 0 bridgehead atoms. The van der Waals surface area contributed by atoms with Crippen molar-refractivity contribution in [3.05, 3.63) is 23.8 Å². The van der Waals surface area contributed by atoms with Crippen molar-refractivity contribution in [1.29, 1.82) is 0 Å². The predicted octanol–water partition coefficient (Wildman–Crippen LogP) is 4.66. The van der Waals surface area contributed by atoms with Gasteiger partial charge in [0.25, 0.3) is 0 Å². The largest absolute Gasteiger partial charge is 0.377 e. The van der Waals surface area contributed by atoms with Crippen LogP contribution in [0.4, 0.5) is 11.4 Å². The summed E-state index contributed by atoms with van der Waals surface area (Å²) in [7, 11) is 4.01. The van der Waals surface area contributed by atoms with Crippen molar-refractivity contribution in [2.75, 3.05) is 24.3 Å². The van der Waals surface area contributed by atoms with Gasteiger partial charge in [-0.05, 0) is 49.9 Å². The van der Waals surface area contributed by atoms with Gasteiger partial charge in [-0.15, -0.1) is 0 Å². The molecule has 1 saturated carbocycles. The van der Waals surface area contributed by atoms with Gasteiger partial charge in [0.2, 0.25) is 11.8 Å². The SMILES string of the molecule is CC[C@H](C)N(Cc1cc(NC(=O)C2CCC2)ccc1N(C)C)C(=O)C(C)(C)C. The summed E-state index contributed by atoms with van der Waals surface area (Å²) in [5.74, 6) is 0.408. The first-order chi connectivity index (χ1) is 13.0. The topological polar surface area (TPSA) is 52.7 Å². The summed E-state index contributed by atoms with van der Waals surface area (Å²) in [5.41, 5.74) is 2.49. The molecule has 0 unspecified atom stereocenters. The summed E-state index contributed by atoms with van der Waals surface area (Å²) in [5, 5.41) is 3.07. The van der Waals surface area contributed by atoms with Gasteiger partial charge in [0.15, 0.2) is 0 Å². The number of carbonyl (C=O) groups excluding carboxylic acids is 2. The smallest absolute Gasteiger partial charge is 0.228 e. The molecule has 1 aromatic carbocycles. The number of rotatable bonds is 7. The van der Waals surface area contributed by atoms with Crippen molar-refractivity contribution in [2.45, 2.75) is 72.9 Å². The molecule has 1 aliphatic rings. The van der Waals surface area contributed by atoms with Crippen LogP contribution in [0.3, 0.4) is 0 Å². The highest BCUT2D eigenvalue weighted by atomic mass is 16.2. The van der Waals surface area contributed by atoms with Crippen molar-refractivity contribution in [2.24, 2.45) is 11.3 Å². The first kappa shape index (κ1) is 22.3. The third-order valence-corrected chi connectivity index (χ3v) is 5.67. The highest BCUT2D eigenvalue weighted by molar-refractivity contribution is 5.93. The van der Waals surface area contributed by atoms with Gasteiger partial charge in [0, 0.05) is 49.4 Å². The van der Waals surface area contributed by atoms with Gasteiger partial charge in [-0.3, -0.25) is 9.59 Å². The van der Waals surface area contributed by atoms with E-state index in [2.05, 4.69) is 24.1 Å². The number of hydrogen-bond acceptors (Lipinski definition) is 3. The fraction of sp³-hybridized carbons (Fsp3) is 0.652. The molecular weight excluding hydrogens is 350 g/mol. The standard InChI is InChI=1S/C23H37N3O2/c1-8-16(2)26(22(28)23(3,4)5)15-18-14-19(12-13-20(18)25(6)7)24-21(27)17-10-9-11-17/h12-14,16-17H,8-11,15H2,1-7H3,(H,24,27)/t16-/m0/s1. The minimum Gasteiger partial charge on any atom is -0.377 e. The Kier molecular flexibility index (Phi) is 7.13. The second-order valence-corrected chi connectivity index (χ2v) is 9.30. The molecule has 1 N–H and O–H groups in total. The van der Waals surface area contributed by atoms with E-state index in [1.54, 1.807) is 0 Å². The molecule has 5 nitrogen and oxygen atoms in total. The quantitative estimate of drug-likeness (QED) is 0.740. The van der Waals surface area contributed by atoms with Crippen LogP contribution in [0.1, 0.15) is 65.9 Å². The van der Waals surface area contributed by atoms with E-state index in [0.29, 0.717) is 6.54 Å². The van der Waals surface area contributed by atoms with Crippen molar-refractivity contribution < 1.29 is 9.59 Å². The van der Waals surface area contributed by atoms with Crippen molar-refractivity contribution in [3.63, 3.8) is 0 Å². The molecule has 0 radical (unpaired) electrons. The van der Waals surface area contributed by atoms with E-state index in [4.69, 9.17) is 0 Å². The summed E-state index contributed by atoms with van der Waals surface area (Å²) in [6, 6.07) is 6.16. The van der Waals surface area contributed by atoms with Crippen LogP contribution < -0.4 is 10.2 Å². The van der Waals surface area contributed by atoms with Crippen LogP contribution in [0.25, 0.3) is 0 Å². The Hall–Kier alpha value is -2.04. The highest BCUT2D eigenvalue weighted by Crippen LogP contribution is 2.30. The normalized spacial score (nSPS) is 15.5. The van der Waals surface area contributed by atoms with Gasteiger partial charge < -0.3 is 15.1 Å². The number of anilines is 2. The summed E-state index contributed by atoms with van der Waals surface area (Å²) < 4.78 is 0. The zero-order valence-electron chi connectivity index (χ0n) is 18.6. The van der Waals surface area contributed by atoms with Crippen molar-refractivity contribution in [3.8, 4) is 0 Å². The van der Waals surface area contributed by atoms with Crippen LogP contribution in [0.15, 0.2) is 18.2 Å².